The lowest BCUT2D eigenvalue weighted by atomic mass is 9.80. The quantitative estimate of drug-likeness (QED) is 0.710. The van der Waals surface area contributed by atoms with Crippen LogP contribution in [0.1, 0.15) is 56.7 Å². The van der Waals surface area contributed by atoms with Gasteiger partial charge in [0, 0.05) is 43.3 Å². The molecule has 0 aromatic carbocycles. The molecule has 2 atom stereocenters. The highest BCUT2D eigenvalue weighted by Crippen LogP contribution is 2.38. The topological polar surface area (TPSA) is 62.5 Å². The average molecular weight is 427 g/mol. The summed E-state index contributed by atoms with van der Waals surface area (Å²) in [7, 11) is 0. The van der Waals surface area contributed by atoms with Gasteiger partial charge in [0.2, 0.25) is 5.89 Å². The van der Waals surface area contributed by atoms with Crippen LogP contribution in [-0.2, 0) is 0 Å². The first kappa shape index (κ1) is 19.9. The average Bonchev–Trinajstić information content (AvgIpc) is 3.55. The van der Waals surface area contributed by atoms with E-state index < -0.39 is 0 Å². The Morgan fingerprint density at radius 3 is 2.67 bits per heavy atom. The second kappa shape index (κ2) is 8.61. The van der Waals surface area contributed by atoms with E-state index in [9.17, 15) is 4.79 Å². The minimum atomic E-state index is 0.102. The SMILES string of the molecule is CCC1=CC=C(C2CC(c3nc(C4=CC4)no3)CN(C(=O)N3CCSCC3)C2)CC1. The number of aromatic nitrogens is 2. The van der Waals surface area contributed by atoms with E-state index in [1.165, 1.54) is 16.7 Å². The Bertz CT molecular complexity index is 897. The van der Waals surface area contributed by atoms with Crippen LogP contribution in [0, 0.1) is 5.92 Å². The lowest BCUT2D eigenvalue weighted by Crippen LogP contribution is -2.51. The zero-order valence-corrected chi connectivity index (χ0v) is 18.5. The Morgan fingerprint density at radius 2 is 1.97 bits per heavy atom. The summed E-state index contributed by atoms with van der Waals surface area (Å²) >= 11 is 1.93. The number of hydrogen-bond donors (Lipinski definition) is 0. The molecule has 3 heterocycles. The smallest absolute Gasteiger partial charge is 0.320 e. The Morgan fingerprint density at radius 1 is 1.17 bits per heavy atom. The van der Waals surface area contributed by atoms with Crippen molar-refractivity contribution in [2.45, 2.75) is 44.9 Å². The molecular weight excluding hydrogens is 396 g/mol. The first-order valence-electron chi connectivity index (χ1n) is 11.2. The van der Waals surface area contributed by atoms with Crippen LogP contribution in [0.5, 0.6) is 0 Å². The molecular formula is C23H30N4O2S. The van der Waals surface area contributed by atoms with Gasteiger partial charge in [-0.25, -0.2) is 4.79 Å². The lowest BCUT2D eigenvalue weighted by molar-refractivity contribution is 0.123. The molecule has 2 fully saturated rings. The number of amides is 2. The molecule has 1 aromatic heterocycles. The number of rotatable bonds is 4. The third-order valence-electron chi connectivity index (χ3n) is 6.74. The predicted molar refractivity (Wildman–Crippen MR) is 119 cm³/mol. The van der Waals surface area contributed by atoms with Crippen molar-refractivity contribution >= 4 is 23.4 Å². The largest absolute Gasteiger partial charge is 0.339 e. The maximum Gasteiger partial charge on any atom is 0.320 e. The molecule has 6 nitrogen and oxygen atoms in total. The molecule has 0 bridgehead atoms. The van der Waals surface area contributed by atoms with Crippen molar-refractivity contribution in [3.8, 4) is 0 Å². The monoisotopic (exact) mass is 426 g/mol. The summed E-state index contributed by atoms with van der Waals surface area (Å²) < 4.78 is 5.66. The Hall–Kier alpha value is -2.02. The van der Waals surface area contributed by atoms with Crippen LogP contribution < -0.4 is 0 Å². The number of nitrogens with zero attached hydrogens (tertiary/aromatic N) is 4. The van der Waals surface area contributed by atoms with Crippen molar-refractivity contribution in [2.24, 2.45) is 5.92 Å². The van der Waals surface area contributed by atoms with Crippen molar-refractivity contribution in [3.05, 3.63) is 41.1 Å². The highest BCUT2D eigenvalue weighted by atomic mass is 32.2. The number of carbonyl (C=O) groups is 1. The van der Waals surface area contributed by atoms with Crippen LogP contribution in [0.3, 0.4) is 0 Å². The number of urea groups is 1. The Kier molecular flexibility index (Phi) is 5.72. The van der Waals surface area contributed by atoms with Crippen molar-refractivity contribution < 1.29 is 9.32 Å². The fraction of sp³-hybridized carbons (Fsp3) is 0.609. The normalized spacial score (nSPS) is 26.8. The van der Waals surface area contributed by atoms with Gasteiger partial charge in [0.15, 0.2) is 5.82 Å². The van der Waals surface area contributed by atoms with E-state index in [2.05, 4.69) is 40.2 Å². The first-order valence-corrected chi connectivity index (χ1v) is 12.4. The molecule has 5 rings (SSSR count). The molecule has 0 spiro atoms. The standard InChI is InChI=1S/C23H30N4O2S/c1-2-16-3-5-17(6-4-16)19-13-20(22-24-21(25-29-22)18-7-8-18)15-27(14-19)23(28)26-9-11-30-12-10-26/h3,5,7,19-20H,2,4,6,8-15H2,1H3. The van der Waals surface area contributed by atoms with Gasteiger partial charge in [0.05, 0.1) is 5.92 Å². The molecule has 0 saturated carbocycles. The van der Waals surface area contributed by atoms with Gasteiger partial charge in [-0.1, -0.05) is 41.5 Å². The van der Waals surface area contributed by atoms with Gasteiger partial charge in [0.1, 0.15) is 0 Å². The van der Waals surface area contributed by atoms with Crippen molar-refractivity contribution in [3.63, 3.8) is 0 Å². The molecule has 2 saturated heterocycles. The molecule has 0 radical (unpaired) electrons. The number of thioether (sulfide) groups is 1. The summed E-state index contributed by atoms with van der Waals surface area (Å²) in [6.07, 6.45) is 12.0. The second-order valence-electron chi connectivity index (χ2n) is 8.73. The fourth-order valence-electron chi connectivity index (χ4n) is 4.75. The Labute approximate surface area is 182 Å². The summed E-state index contributed by atoms with van der Waals surface area (Å²) in [4.78, 5) is 22.1. The van der Waals surface area contributed by atoms with E-state index in [0.29, 0.717) is 18.4 Å². The summed E-state index contributed by atoms with van der Waals surface area (Å²) in [5.41, 5.74) is 4.15. The van der Waals surface area contributed by atoms with Crippen LogP contribution in [0.15, 0.2) is 33.9 Å². The maximum absolute atomic E-state index is 13.3. The number of hydrogen-bond acceptors (Lipinski definition) is 5. The van der Waals surface area contributed by atoms with Gasteiger partial charge < -0.3 is 14.3 Å². The van der Waals surface area contributed by atoms with Gasteiger partial charge in [-0.3, -0.25) is 0 Å². The molecule has 4 aliphatic rings. The minimum Gasteiger partial charge on any atom is -0.339 e. The number of carbonyl (C=O) groups excluding carboxylic acids is 1. The zero-order chi connectivity index (χ0) is 20.5. The van der Waals surface area contributed by atoms with Crippen LogP contribution in [0.25, 0.3) is 5.57 Å². The van der Waals surface area contributed by atoms with E-state index in [-0.39, 0.29) is 11.9 Å². The summed E-state index contributed by atoms with van der Waals surface area (Å²) in [5.74, 6) is 3.94. The molecule has 2 unspecified atom stereocenters. The van der Waals surface area contributed by atoms with E-state index in [0.717, 1.165) is 69.1 Å². The molecule has 2 amide bonds. The molecule has 2 aliphatic heterocycles. The number of likely N-dealkylation sites (tertiary alicyclic amines) is 1. The summed E-state index contributed by atoms with van der Waals surface area (Å²) in [5, 5.41) is 4.18. The minimum absolute atomic E-state index is 0.102. The highest BCUT2D eigenvalue weighted by molar-refractivity contribution is 7.99. The van der Waals surface area contributed by atoms with Crippen LogP contribution in [0.2, 0.25) is 0 Å². The fourth-order valence-corrected chi connectivity index (χ4v) is 5.66. The molecule has 1 aromatic rings. The lowest BCUT2D eigenvalue weighted by Gasteiger charge is -2.41. The molecule has 2 aliphatic carbocycles. The molecule has 0 N–H and O–H groups in total. The Balaban J connectivity index is 1.37. The van der Waals surface area contributed by atoms with Crippen molar-refractivity contribution in [2.75, 3.05) is 37.7 Å². The van der Waals surface area contributed by atoms with Gasteiger partial charge in [0.25, 0.3) is 0 Å². The second-order valence-corrected chi connectivity index (χ2v) is 9.95. The molecule has 7 heteroatoms. The summed E-state index contributed by atoms with van der Waals surface area (Å²) in [6, 6.07) is 0.177. The molecule has 160 valence electrons. The van der Waals surface area contributed by atoms with Gasteiger partial charge >= 0.3 is 6.03 Å². The van der Waals surface area contributed by atoms with Crippen LogP contribution in [-0.4, -0.2) is 63.7 Å². The van der Waals surface area contributed by atoms with Crippen molar-refractivity contribution in [1.29, 1.82) is 0 Å². The van der Waals surface area contributed by atoms with E-state index in [4.69, 9.17) is 4.52 Å². The first-order chi connectivity index (χ1) is 14.7. The van der Waals surface area contributed by atoms with Crippen LogP contribution in [0.4, 0.5) is 4.79 Å². The molecule has 30 heavy (non-hydrogen) atoms. The summed E-state index contributed by atoms with van der Waals surface area (Å²) in [6.45, 7) is 5.38. The predicted octanol–water partition coefficient (Wildman–Crippen LogP) is 4.49. The van der Waals surface area contributed by atoms with Gasteiger partial charge in [-0.05, 0) is 38.0 Å². The van der Waals surface area contributed by atoms with Gasteiger partial charge in [-0.2, -0.15) is 16.7 Å². The van der Waals surface area contributed by atoms with E-state index in [1.54, 1.807) is 0 Å². The van der Waals surface area contributed by atoms with Gasteiger partial charge in [-0.15, -0.1) is 0 Å². The number of piperidine rings is 1. The third kappa shape index (κ3) is 4.22. The maximum atomic E-state index is 13.3. The van der Waals surface area contributed by atoms with E-state index in [1.807, 2.05) is 16.7 Å². The highest BCUT2D eigenvalue weighted by Gasteiger charge is 2.37. The zero-order valence-electron chi connectivity index (χ0n) is 17.7. The number of allylic oxidation sites excluding steroid dienone is 5. The van der Waals surface area contributed by atoms with E-state index >= 15 is 0 Å². The third-order valence-corrected chi connectivity index (χ3v) is 7.68. The van der Waals surface area contributed by atoms with Crippen LogP contribution >= 0.6 is 11.8 Å². The van der Waals surface area contributed by atoms with Crippen molar-refractivity contribution in [1.82, 2.24) is 19.9 Å².